The van der Waals surface area contributed by atoms with Crippen LogP contribution in [0.5, 0.6) is 0 Å². The second kappa shape index (κ2) is 5.65. The highest BCUT2D eigenvalue weighted by atomic mass is 16.4. The molecule has 96 valence electrons. The summed E-state index contributed by atoms with van der Waals surface area (Å²) in [5, 5.41) is 0. The Hall–Kier alpha value is -0.870. The highest BCUT2D eigenvalue weighted by Crippen LogP contribution is 2.22. The number of aromatic nitrogens is 1. The molecular weight excluding hydrogens is 214 g/mol. The van der Waals surface area contributed by atoms with Gasteiger partial charge in [0.05, 0.1) is 6.20 Å². The van der Waals surface area contributed by atoms with E-state index in [1.54, 1.807) is 0 Å². The van der Waals surface area contributed by atoms with E-state index in [4.69, 9.17) is 10.2 Å². The Morgan fingerprint density at radius 2 is 2.24 bits per heavy atom. The third-order valence-corrected chi connectivity index (χ3v) is 3.71. The molecule has 0 spiro atoms. The van der Waals surface area contributed by atoms with Crippen LogP contribution in [0.15, 0.2) is 10.6 Å². The molecule has 0 aliphatic carbocycles. The predicted octanol–water partition coefficient (Wildman–Crippen LogP) is 1.62. The molecule has 17 heavy (non-hydrogen) atoms. The second-order valence-corrected chi connectivity index (χ2v) is 5.24. The average Bonchev–Trinajstić information content (AvgIpc) is 2.80. The molecule has 1 fully saturated rings. The number of oxazole rings is 1. The number of nitrogens with two attached hydrogens (primary N) is 1. The fourth-order valence-electron chi connectivity index (χ4n) is 2.28. The highest BCUT2D eigenvalue weighted by Gasteiger charge is 2.19. The minimum atomic E-state index is 0.272. The topological polar surface area (TPSA) is 55.3 Å². The third-order valence-electron chi connectivity index (χ3n) is 3.71. The van der Waals surface area contributed by atoms with Crippen molar-refractivity contribution in [3.05, 3.63) is 17.8 Å². The van der Waals surface area contributed by atoms with Gasteiger partial charge in [-0.3, -0.25) is 0 Å². The van der Waals surface area contributed by atoms with Gasteiger partial charge in [0.1, 0.15) is 5.76 Å². The van der Waals surface area contributed by atoms with Gasteiger partial charge in [0, 0.05) is 18.9 Å². The lowest BCUT2D eigenvalue weighted by atomic mass is 9.94. The van der Waals surface area contributed by atoms with Crippen molar-refractivity contribution in [2.45, 2.75) is 32.1 Å². The van der Waals surface area contributed by atoms with Crippen LogP contribution in [0.3, 0.4) is 0 Å². The van der Waals surface area contributed by atoms with E-state index in [1.165, 1.54) is 25.9 Å². The lowest BCUT2D eigenvalue weighted by molar-refractivity contribution is 0.211. The molecule has 1 aromatic rings. The van der Waals surface area contributed by atoms with Gasteiger partial charge in [0.2, 0.25) is 0 Å². The average molecular weight is 237 g/mol. The highest BCUT2D eigenvalue weighted by molar-refractivity contribution is 5.01. The third kappa shape index (κ3) is 3.30. The van der Waals surface area contributed by atoms with Crippen molar-refractivity contribution in [2.75, 3.05) is 26.7 Å². The molecule has 1 saturated heterocycles. The largest absolute Gasteiger partial charge is 0.445 e. The molecule has 0 saturated carbocycles. The second-order valence-electron chi connectivity index (χ2n) is 5.24. The summed E-state index contributed by atoms with van der Waals surface area (Å²) in [4.78, 5) is 6.75. The summed E-state index contributed by atoms with van der Waals surface area (Å²) in [6.07, 6.45) is 5.31. The fraction of sp³-hybridized carbons (Fsp3) is 0.769. The molecule has 0 radical (unpaired) electrons. The van der Waals surface area contributed by atoms with Gasteiger partial charge in [0.15, 0.2) is 5.89 Å². The number of piperidine rings is 1. The van der Waals surface area contributed by atoms with Crippen LogP contribution in [-0.2, 0) is 6.42 Å². The normalized spacial score (nSPS) is 20.6. The van der Waals surface area contributed by atoms with E-state index < -0.39 is 0 Å². The molecule has 2 N–H and O–H groups in total. The first kappa shape index (κ1) is 12.6. The first-order valence-corrected chi connectivity index (χ1v) is 6.52. The van der Waals surface area contributed by atoms with Gasteiger partial charge < -0.3 is 15.1 Å². The summed E-state index contributed by atoms with van der Waals surface area (Å²) in [6.45, 7) is 5.07. The van der Waals surface area contributed by atoms with Gasteiger partial charge in [0.25, 0.3) is 0 Å². The van der Waals surface area contributed by atoms with Crippen molar-refractivity contribution in [3.63, 3.8) is 0 Å². The van der Waals surface area contributed by atoms with Crippen molar-refractivity contribution in [1.29, 1.82) is 0 Å². The molecule has 1 aromatic heterocycles. The monoisotopic (exact) mass is 237 g/mol. The van der Waals surface area contributed by atoms with Crippen molar-refractivity contribution >= 4 is 0 Å². The Labute approximate surface area is 103 Å². The van der Waals surface area contributed by atoms with Gasteiger partial charge in [-0.05, 0) is 38.9 Å². The van der Waals surface area contributed by atoms with Gasteiger partial charge in [-0.1, -0.05) is 6.92 Å². The maximum absolute atomic E-state index is 5.76. The van der Waals surface area contributed by atoms with E-state index >= 15 is 0 Å². The zero-order valence-corrected chi connectivity index (χ0v) is 10.9. The molecule has 0 bridgehead atoms. The summed E-state index contributed by atoms with van der Waals surface area (Å²) in [7, 11) is 2.18. The molecule has 4 heteroatoms. The SMILES string of the molecule is CC(CN)c1cnc(CC2CCN(C)CC2)o1. The first-order valence-electron chi connectivity index (χ1n) is 6.52. The Bertz CT molecular complexity index is 342. The van der Waals surface area contributed by atoms with Crippen LogP contribution < -0.4 is 5.73 Å². The standard InChI is InChI=1S/C13H23N3O/c1-10(8-14)12-9-15-13(17-12)7-11-3-5-16(2)6-4-11/h9-11H,3-8,14H2,1-2H3. The molecule has 2 rings (SSSR count). The van der Waals surface area contributed by atoms with Crippen molar-refractivity contribution in [3.8, 4) is 0 Å². The molecule has 0 aromatic carbocycles. The number of hydrogen-bond acceptors (Lipinski definition) is 4. The summed E-state index contributed by atoms with van der Waals surface area (Å²) >= 11 is 0. The molecule has 1 unspecified atom stereocenters. The molecular formula is C13H23N3O. The molecule has 1 atom stereocenters. The summed E-state index contributed by atoms with van der Waals surface area (Å²) in [5.41, 5.74) is 5.62. The van der Waals surface area contributed by atoms with Gasteiger partial charge >= 0.3 is 0 Å². The fourth-order valence-corrected chi connectivity index (χ4v) is 2.28. The number of hydrogen-bond donors (Lipinski definition) is 1. The summed E-state index contributed by atoms with van der Waals surface area (Å²) in [6, 6.07) is 0. The van der Waals surface area contributed by atoms with Gasteiger partial charge in [-0.25, -0.2) is 4.98 Å². The molecule has 1 aliphatic rings. The van der Waals surface area contributed by atoms with Crippen LogP contribution >= 0.6 is 0 Å². The number of rotatable bonds is 4. The predicted molar refractivity (Wildman–Crippen MR) is 67.9 cm³/mol. The van der Waals surface area contributed by atoms with E-state index in [0.29, 0.717) is 6.54 Å². The minimum absolute atomic E-state index is 0.272. The van der Waals surface area contributed by atoms with Crippen molar-refractivity contribution in [1.82, 2.24) is 9.88 Å². The smallest absolute Gasteiger partial charge is 0.194 e. The lowest BCUT2D eigenvalue weighted by Gasteiger charge is -2.28. The lowest BCUT2D eigenvalue weighted by Crippen LogP contribution is -2.30. The van der Waals surface area contributed by atoms with Crippen LogP contribution in [-0.4, -0.2) is 36.6 Å². The van der Waals surface area contributed by atoms with Crippen LogP contribution in [0.25, 0.3) is 0 Å². The summed E-state index contributed by atoms with van der Waals surface area (Å²) in [5.74, 6) is 2.81. The molecule has 4 nitrogen and oxygen atoms in total. The molecule has 2 heterocycles. The zero-order chi connectivity index (χ0) is 12.3. The maximum Gasteiger partial charge on any atom is 0.194 e. The van der Waals surface area contributed by atoms with E-state index in [2.05, 4.69) is 23.9 Å². The zero-order valence-electron chi connectivity index (χ0n) is 10.9. The number of likely N-dealkylation sites (tertiary alicyclic amines) is 1. The van der Waals surface area contributed by atoms with Crippen LogP contribution in [0, 0.1) is 5.92 Å². The minimum Gasteiger partial charge on any atom is -0.445 e. The Morgan fingerprint density at radius 3 is 2.88 bits per heavy atom. The van der Waals surface area contributed by atoms with Crippen molar-refractivity contribution in [2.24, 2.45) is 11.7 Å². The van der Waals surface area contributed by atoms with Gasteiger partial charge in [-0.2, -0.15) is 0 Å². The maximum atomic E-state index is 5.76. The Kier molecular flexibility index (Phi) is 4.18. The van der Waals surface area contributed by atoms with E-state index in [0.717, 1.165) is 24.0 Å². The van der Waals surface area contributed by atoms with Crippen LogP contribution in [0.1, 0.15) is 37.3 Å². The van der Waals surface area contributed by atoms with Crippen LogP contribution in [0.4, 0.5) is 0 Å². The Balaban J connectivity index is 1.88. The molecule has 1 aliphatic heterocycles. The first-order chi connectivity index (χ1) is 8.19. The molecule has 0 amide bonds. The number of nitrogens with zero attached hydrogens (tertiary/aromatic N) is 2. The van der Waals surface area contributed by atoms with E-state index in [1.807, 2.05) is 6.20 Å². The quantitative estimate of drug-likeness (QED) is 0.864. The summed E-state index contributed by atoms with van der Waals surface area (Å²) < 4.78 is 5.76. The van der Waals surface area contributed by atoms with E-state index in [9.17, 15) is 0 Å². The van der Waals surface area contributed by atoms with Crippen LogP contribution in [0.2, 0.25) is 0 Å². The Morgan fingerprint density at radius 1 is 1.53 bits per heavy atom. The van der Waals surface area contributed by atoms with Crippen molar-refractivity contribution < 1.29 is 4.42 Å². The van der Waals surface area contributed by atoms with E-state index in [-0.39, 0.29) is 5.92 Å². The van der Waals surface area contributed by atoms with Gasteiger partial charge in [-0.15, -0.1) is 0 Å².